The number of aromatic nitrogens is 2. The van der Waals surface area contributed by atoms with Crippen molar-refractivity contribution in [2.24, 2.45) is 0 Å². The van der Waals surface area contributed by atoms with Gasteiger partial charge in [0.2, 0.25) is 0 Å². The highest BCUT2D eigenvalue weighted by molar-refractivity contribution is 5.91. The summed E-state index contributed by atoms with van der Waals surface area (Å²) in [6.45, 7) is 0. The van der Waals surface area contributed by atoms with Crippen molar-refractivity contribution in [2.45, 2.75) is 18.9 Å². The van der Waals surface area contributed by atoms with E-state index in [9.17, 15) is 4.79 Å². The van der Waals surface area contributed by atoms with E-state index in [1.807, 2.05) is 6.07 Å². The van der Waals surface area contributed by atoms with Gasteiger partial charge in [0, 0.05) is 11.6 Å². The third-order valence-corrected chi connectivity index (χ3v) is 2.78. The molecular formula is C13H10N4O2. The molecular weight excluding hydrogens is 244 g/mol. The molecule has 1 aliphatic carbocycles. The highest BCUT2D eigenvalue weighted by Crippen LogP contribution is 2.20. The lowest BCUT2D eigenvalue weighted by molar-refractivity contribution is 0.0937. The van der Waals surface area contributed by atoms with Crippen molar-refractivity contribution < 1.29 is 9.32 Å². The lowest BCUT2D eigenvalue weighted by atomic mass is 10.1. The molecule has 1 heterocycles. The van der Waals surface area contributed by atoms with Gasteiger partial charge < -0.3 is 9.84 Å². The lowest BCUT2D eigenvalue weighted by Crippen LogP contribution is -2.26. The summed E-state index contributed by atoms with van der Waals surface area (Å²) in [5.41, 5.74) is 1.12. The molecule has 3 rings (SSSR count). The molecule has 1 N–H and O–H groups in total. The number of rotatable bonds is 3. The van der Waals surface area contributed by atoms with Crippen molar-refractivity contribution in [3.63, 3.8) is 0 Å². The molecule has 1 aromatic heterocycles. The number of carbonyl (C=O) groups excluding carboxylic acids is 1. The fourth-order valence-electron chi connectivity index (χ4n) is 1.63. The zero-order valence-corrected chi connectivity index (χ0v) is 9.96. The van der Waals surface area contributed by atoms with Crippen molar-refractivity contribution in [3.05, 3.63) is 35.7 Å². The first-order chi connectivity index (χ1) is 9.26. The summed E-state index contributed by atoms with van der Waals surface area (Å²) in [5, 5.41) is 15.3. The van der Waals surface area contributed by atoms with E-state index < -0.39 is 0 Å². The molecule has 0 radical (unpaired) electrons. The van der Waals surface area contributed by atoms with Crippen LogP contribution in [0.15, 0.2) is 28.8 Å². The molecule has 1 amide bonds. The van der Waals surface area contributed by atoms with Crippen LogP contribution < -0.4 is 5.32 Å². The van der Waals surface area contributed by atoms with Crippen LogP contribution in [0.4, 0.5) is 0 Å². The second-order valence-corrected chi connectivity index (χ2v) is 4.36. The molecule has 0 saturated heterocycles. The Morgan fingerprint density at radius 1 is 1.47 bits per heavy atom. The highest BCUT2D eigenvalue weighted by Gasteiger charge is 2.26. The molecule has 0 atom stereocenters. The Morgan fingerprint density at radius 3 is 3.05 bits per heavy atom. The number of nitrogens with one attached hydrogen (secondary N) is 1. The van der Waals surface area contributed by atoms with Crippen LogP contribution in [0.3, 0.4) is 0 Å². The largest absolute Gasteiger partial charge is 0.346 e. The fourth-order valence-corrected chi connectivity index (χ4v) is 1.63. The summed E-state index contributed by atoms with van der Waals surface area (Å²) >= 11 is 0. The molecule has 1 aromatic carbocycles. The summed E-state index contributed by atoms with van der Waals surface area (Å²) < 4.78 is 5.04. The fraction of sp³-hybridized carbons (Fsp3) is 0.231. The van der Waals surface area contributed by atoms with Gasteiger partial charge in [-0.3, -0.25) is 4.79 Å². The van der Waals surface area contributed by atoms with Crippen LogP contribution in [0, 0.1) is 11.3 Å². The number of carbonyl (C=O) groups is 1. The van der Waals surface area contributed by atoms with Crippen LogP contribution in [-0.4, -0.2) is 22.1 Å². The number of nitrogens with zero attached hydrogens (tertiary/aromatic N) is 3. The predicted molar refractivity (Wildman–Crippen MR) is 64.9 cm³/mol. The summed E-state index contributed by atoms with van der Waals surface area (Å²) in [4.78, 5) is 15.8. The van der Waals surface area contributed by atoms with Crippen LogP contribution >= 0.6 is 0 Å². The highest BCUT2D eigenvalue weighted by atomic mass is 16.5. The van der Waals surface area contributed by atoms with E-state index in [0.29, 0.717) is 11.1 Å². The topological polar surface area (TPSA) is 91.8 Å². The van der Waals surface area contributed by atoms with Crippen molar-refractivity contribution in [1.82, 2.24) is 15.5 Å². The quantitative estimate of drug-likeness (QED) is 0.896. The van der Waals surface area contributed by atoms with Gasteiger partial charge in [-0.25, -0.2) is 0 Å². The molecule has 6 nitrogen and oxygen atoms in total. The maximum Gasteiger partial charge on any atom is 0.292 e. The minimum Gasteiger partial charge on any atom is -0.346 e. The van der Waals surface area contributed by atoms with E-state index in [1.165, 1.54) is 0 Å². The number of hydrogen-bond donors (Lipinski definition) is 1. The van der Waals surface area contributed by atoms with Crippen LogP contribution in [0.5, 0.6) is 0 Å². The first-order valence-corrected chi connectivity index (χ1v) is 5.91. The van der Waals surface area contributed by atoms with Gasteiger partial charge in [-0.05, 0) is 31.0 Å². The maximum absolute atomic E-state index is 11.7. The van der Waals surface area contributed by atoms with Gasteiger partial charge in [0.05, 0.1) is 11.6 Å². The summed E-state index contributed by atoms with van der Waals surface area (Å²) in [6.07, 6.45) is 2.00. The molecule has 1 aliphatic rings. The average molecular weight is 254 g/mol. The van der Waals surface area contributed by atoms with Gasteiger partial charge in [-0.15, -0.1) is 0 Å². The Balaban J connectivity index is 1.83. The summed E-state index contributed by atoms with van der Waals surface area (Å²) in [6, 6.07) is 9.07. The van der Waals surface area contributed by atoms with Crippen LogP contribution in [0.1, 0.15) is 29.0 Å². The first kappa shape index (κ1) is 11.4. The molecule has 0 unspecified atom stereocenters. The number of hydrogen-bond acceptors (Lipinski definition) is 5. The smallest absolute Gasteiger partial charge is 0.292 e. The van der Waals surface area contributed by atoms with Crippen LogP contribution in [-0.2, 0) is 0 Å². The van der Waals surface area contributed by atoms with Crippen molar-refractivity contribution in [1.29, 1.82) is 5.26 Å². The van der Waals surface area contributed by atoms with Crippen LogP contribution in [0.25, 0.3) is 11.5 Å². The molecule has 0 bridgehead atoms. The maximum atomic E-state index is 11.7. The third-order valence-electron chi connectivity index (χ3n) is 2.78. The zero-order chi connectivity index (χ0) is 13.2. The Labute approximate surface area is 109 Å². The summed E-state index contributed by atoms with van der Waals surface area (Å²) in [7, 11) is 0. The Kier molecular flexibility index (Phi) is 2.72. The van der Waals surface area contributed by atoms with E-state index in [4.69, 9.17) is 9.78 Å². The van der Waals surface area contributed by atoms with E-state index in [0.717, 1.165) is 12.8 Å². The van der Waals surface area contributed by atoms with Crippen molar-refractivity contribution in [2.75, 3.05) is 0 Å². The van der Waals surface area contributed by atoms with Crippen molar-refractivity contribution >= 4 is 5.91 Å². The van der Waals surface area contributed by atoms with Crippen LogP contribution in [0.2, 0.25) is 0 Å². The lowest BCUT2D eigenvalue weighted by Gasteiger charge is -1.96. The van der Waals surface area contributed by atoms with Gasteiger partial charge in [0.15, 0.2) is 0 Å². The second-order valence-electron chi connectivity index (χ2n) is 4.36. The molecule has 0 aliphatic heterocycles. The molecule has 94 valence electrons. The van der Waals surface area contributed by atoms with Gasteiger partial charge >= 0.3 is 0 Å². The van der Waals surface area contributed by atoms with Gasteiger partial charge in [-0.2, -0.15) is 10.2 Å². The zero-order valence-electron chi connectivity index (χ0n) is 9.96. The van der Waals surface area contributed by atoms with Gasteiger partial charge in [0.1, 0.15) is 0 Å². The molecule has 1 fully saturated rings. The standard InChI is InChI=1S/C13H10N4O2/c14-7-8-2-1-3-9(6-8)13-16-11(17-19-13)12(18)15-10-4-5-10/h1-3,6,10H,4-5H2,(H,15,18). The van der Waals surface area contributed by atoms with E-state index in [2.05, 4.69) is 15.5 Å². The normalized spacial score (nSPS) is 13.8. The molecule has 6 heteroatoms. The van der Waals surface area contributed by atoms with Gasteiger partial charge in [0.25, 0.3) is 17.6 Å². The summed E-state index contributed by atoms with van der Waals surface area (Å²) in [5.74, 6) is -0.0729. The Hall–Kier alpha value is -2.68. The minimum atomic E-state index is -0.325. The van der Waals surface area contributed by atoms with Gasteiger partial charge in [-0.1, -0.05) is 11.2 Å². The van der Waals surface area contributed by atoms with E-state index >= 15 is 0 Å². The average Bonchev–Trinajstić information content (AvgIpc) is 3.11. The van der Waals surface area contributed by atoms with E-state index in [1.54, 1.807) is 24.3 Å². The number of amides is 1. The third kappa shape index (κ3) is 2.45. The molecule has 1 saturated carbocycles. The Bertz CT molecular complexity index is 667. The predicted octanol–water partition coefficient (Wildman–Crippen LogP) is 1.50. The monoisotopic (exact) mass is 254 g/mol. The Morgan fingerprint density at radius 2 is 2.32 bits per heavy atom. The second kappa shape index (κ2) is 4.53. The molecule has 19 heavy (non-hydrogen) atoms. The SMILES string of the molecule is N#Cc1cccc(-c2nc(C(=O)NC3CC3)no2)c1. The number of benzene rings is 1. The first-order valence-electron chi connectivity index (χ1n) is 5.91. The minimum absolute atomic E-state index is 0.0178. The van der Waals surface area contributed by atoms with E-state index in [-0.39, 0.29) is 23.7 Å². The molecule has 0 spiro atoms. The number of nitriles is 1. The molecule has 2 aromatic rings. The van der Waals surface area contributed by atoms with Crippen molar-refractivity contribution in [3.8, 4) is 17.5 Å².